The van der Waals surface area contributed by atoms with Gasteiger partial charge in [-0.05, 0) is 12.0 Å². The summed E-state index contributed by atoms with van der Waals surface area (Å²) >= 11 is 0. The number of aromatic nitrogens is 2. The topological polar surface area (TPSA) is 61.0 Å². The van der Waals surface area contributed by atoms with Crippen LogP contribution in [0.2, 0.25) is 0 Å². The van der Waals surface area contributed by atoms with Crippen LogP contribution in [0.15, 0.2) is 36.8 Å². The van der Waals surface area contributed by atoms with Gasteiger partial charge in [0.1, 0.15) is 0 Å². The number of nitrogens with zero attached hydrogens (tertiary/aromatic N) is 3. The molecule has 0 amide bonds. The van der Waals surface area contributed by atoms with Crippen LogP contribution in [0.4, 0.5) is 5.69 Å². The first-order chi connectivity index (χ1) is 8.19. The zero-order valence-corrected chi connectivity index (χ0v) is 9.54. The number of aryl methyl sites for hydroxylation is 1. The largest absolute Gasteiger partial charge is 0.333 e. The molecule has 0 unspecified atom stereocenters. The maximum absolute atomic E-state index is 10.5. The summed E-state index contributed by atoms with van der Waals surface area (Å²) in [5.74, 6) is 0. The predicted octanol–water partition coefficient (Wildman–Crippen LogP) is 2.40. The minimum absolute atomic E-state index is 0.119. The molecule has 0 aliphatic rings. The van der Waals surface area contributed by atoms with Crippen LogP contribution in [-0.4, -0.2) is 14.5 Å². The van der Waals surface area contributed by atoms with Crippen molar-refractivity contribution in [1.82, 2.24) is 9.55 Å². The third kappa shape index (κ3) is 2.69. The number of hydrogen-bond acceptors (Lipinski definition) is 3. The molecule has 0 aliphatic heterocycles. The Morgan fingerprint density at radius 3 is 2.59 bits per heavy atom. The second-order valence-electron chi connectivity index (χ2n) is 3.81. The molecule has 2 aromatic rings. The molecule has 17 heavy (non-hydrogen) atoms. The Morgan fingerprint density at radius 2 is 2.06 bits per heavy atom. The number of benzene rings is 1. The second-order valence-corrected chi connectivity index (χ2v) is 3.81. The molecule has 5 heteroatoms. The molecule has 0 fully saturated rings. The molecule has 0 N–H and O–H groups in total. The molecule has 1 aromatic heterocycles. The van der Waals surface area contributed by atoms with Gasteiger partial charge in [-0.15, -0.1) is 0 Å². The summed E-state index contributed by atoms with van der Waals surface area (Å²) < 4.78 is 1.97. The van der Waals surface area contributed by atoms with Crippen molar-refractivity contribution >= 4 is 5.69 Å². The fraction of sp³-hybridized carbons (Fsp3) is 0.250. The maximum atomic E-state index is 10.5. The van der Waals surface area contributed by atoms with Gasteiger partial charge >= 0.3 is 0 Å². The molecule has 1 aromatic carbocycles. The van der Waals surface area contributed by atoms with E-state index in [4.69, 9.17) is 0 Å². The highest BCUT2D eigenvalue weighted by Gasteiger charge is 2.04. The number of nitro groups is 1. The fourth-order valence-corrected chi connectivity index (χ4v) is 1.61. The van der Waals surface area contributed by atoms with Crippen LogP contribution in [0.3, 0.4) is 0 Å². The van der Waals surface area contributed by atoms with E-state index < -0.39 is 4.92 Å². The lowest BCUT2D eigenvalue weighted by Crippen LogP contribution is -1.96. The van der Waals surface area contributed by atoms with E-state index in [-0.39, 0.29) is 5.69 Å². The summed E-state index contributed by atoms with van der Waals surface area (Å²) in [5, 5.41) is 10.5. The van der Waals surface area contributed by atoms with Crippen LogP contribution >= 0.6 is 0 Å². The molecule has 2 rings (SSSR count). The molecular weight excluding hydrogens is 218 g/mol. The van der Waals surface area contributed by atoms with Crippen LogP contribution in [-0.2, 0) is 13.0 Å². The van der Waals surface area contributed by atoms with Gasteiger partial charge in [-0.25, -0.2) is 4.98 Å². The van der Waals surface area contributed by atoms with E-state index in [0.717, 1.165) is 17.7 Å². The Bertz CT molecular complexity index is 517. The first kappa shape index (κ1) is 11.3. The van der Waals surface area contributed by atoms with Crippen molar-refractivity contribution in [2.24, 2.45) is 0 Å². The smallest absolute Gasteiger partial charge is 0.269 e. The fourth-order valence-electron chi connectivity index (χ4n) is 1.61. The number of nitro benzene ring substituents is 1. The molecule has 0 saturated carbocycles. The van der Waals surface area contributed by atoms with Gasteiger partial charge in [0, 0.05) is 24.9 Å². The Balaban J connectivity index is 2.10. The van der Waals surface area contributed by atoms with Gasteiger partial charge in [0.2, 0.25) is 0 Å². The summed E-state index contributed by atoms with van der Waals surface area (Å²) in [6.45, 7) is 2.74. The van der Waals surface area contributed by atoms with Gasteiger partial charge in [-0.2, -0.15) is 0 Å². The number of rotatable bonds is 4. The Labute approximate surface area is 98.9 Å². The Hall–Kier alpha value is -2.17. The highest BCUT2D eigenvalue weighted by atomic mass is 16.6. The number of imidazole rings is 1. The average Bonchev–Trinajstić information content (AvgIpc) is 2.77. The summed E-state index contributed by atoms with van der Waals surface area (Å²) in [7, 11) is 0. The lowest BCUT2D eigenvalue weighted by atomic mass is 10.2. The molecule has 0 radical (unpaired) electrons. The van der Waals surface area contributed by atoms with Crippen molar-refractivity contribution in [3.05, 3.63) is 58.2 Å². The molecule has 0 saturated heterocycles. The minimum atomic E-state index is -0.393. The first-order valence-corrected chi connectivity index (χ1v) is 5.43. The predicted molar refractivity (Wildman–Crippen MR) is 63.8 cm³/mol. The molecular formula is C12H13N3O2. The van der Waals surface area contributed by atoms with Crippen LogP contribution in [0, 0.1) is 10.1 Å². The number of non-ortho nitro benzene ring substituents is 1. The summed E-state index contributed by atoms with van der Waals surface area (Å²) in [5.41, 5.74) is 2.19. The third-order valence-corrected chi connectivity index (χ3v) is 2.56. The summed E-state index contributed by atoms with van der Waals surface area (Å²) in [4.78, 5) is 14.3. The monoisotopic (exact) mass is 231 g/mol. The van der Waals surface area contributed by atoms with Crippen molar-refractivity contribution in [3.8, 4) is 0 Å². The van der Waals surface area contributed by atoms with Crippen molar-refractivity contribution in [2.45, 2.75) is 19.9 Å². The third-order valence-electron chi connectivity index (χ3n) is 2.56. The van der Waals surface area contributed by atoms with Crippen LogP contribution in [0.1, 0.15) is 18.2 Å². The van der Waals surface area contributed by atoms with E-state index >= 15 is 0 Å². The van der Waals surface area contributed by atoms with E-state index in [2.05, 4.69) is 11.9 Å². The van der Waals surface area contributed by atoms with E-state index in [0.29, 0.717) is 6.54 Å². The van der Waals surface area contributed by atoms with Crippen molar-refractivity contribution < 1.29 is 4.92 Å². The summed E-state index contributed by atoms with van der Waals surface area (Å²) in [6, 6.07) is 6.58. The molecule has 1 heterocycles. The van der Waals surface area contributed by atoms with Crippen LogP contribution < -0.4 is 0 Å². The van der Waals surface area contributed by atoms with E-state index in [1.807, 2.05) is 10.8 Å². The van der Waals surface area contributed by atoms with Crippen LogP contribution in [0.25, 0.3) is 0 Å². The molecule has 0 spiro atoms. The van der Waals surface area contributed by atoms with Crippen molar-refractivity contribution in [1.29, 1.82) is 0 Å². The average molecular weight is 231 g/mol. The van der Waals surface area contributed by atoms with Gasteiger partial charge in [0.15, 0.2) is 0 Å². The maximum Gasteiger partial charge on any atom is 0.269 e. The Morgan fingerprint density at radius 1 is 1.35 bits per heavy atom. The van der Waals surface area contributed by atoms with E-state index in [1.165, 1.54) is 12.1 Å². The minimum Gasteiger partial charge on any atom is -0.333 e. The zero-order valence-electron chi connectivity index (χ0n) is 9.54. The second kappa shape index (κ2) is 4.78. The Kier molecular flexibility index (Phi) is 3.18. The lowest BCUT2D eigenvalue weighted by molar-refractivity contribution is -0.384. The zero-order chi connectivity index (χ0) is 12.3. The van der Waals surface area contributed by atoms with Crippen molar-refractivity contribution in [2.75, 3.05) is 0 Å². The highest BCUT2D eigenvalue weighted by molar-refractivity contribution is 5.32. The lowest BCUT2D eigenvalue weighted by Gasteiger charge is -2.01. The van der Waals surface area contributed by atoms with Crippen molar-refractivity contribution in [3.63, 3.8) is 0 Å². The summed E-state index contributed by atoms with van der Waals surface area (Å²) in [6.07, 6.45) is 4.68. The van der Waals surface area contributed by atoms with Gasteiger partial charge in [0.25, 0.3) is 5.69 Å². The van der Waals surface area contributed by atoms with Gasteiger partial charge in [-0.1, -0.05) is 19.1 Å². The van der Waals surface area contributed by atoms with Gasteiger partial charge in [0.05, 0.1) is 16.9 Å². The normalized spacial score (nSPS) is 10.4. The van der Waals surface area contributed by atoms with Gasteiger partial charge in [-0.3, -0.25) is 10.1 Å². The standard InChI is InChI=1S/C12H13N3O2/c1-2-11-8-14(9-13-11)7-10-3-5-12(6-4-10)15(16)17/h3-6,8-9H,2,7H2,1H3. The van der Waals surface area contributed by atoms with E-state index in [1.54, 1.807) is 18.5 Å². The molecule has 0 atom stereocenters. The molecule has 5 nitrogen and oxygen atoms in total. The van der Waals surface area contributed by atoms with E-state index in [9.17, 15) is 10.1 Å². The highest BCUT2D eigenvalue weighted by Crippen LogP contribution is 2.13. The van der Waals surface area contributed by atoms with Gasteiger partial charge < -0.3 is 4.57 Å². The molecule has 88 valence electrons. The first-order valence-electron chi connectivity index (χ1n) is 5.43. The quantitative estimate of drug-likeness (QED) is 0.599. The molecule has 0 bridgehead atoms. The SMILES string of the molecule is CCc1cn(Cc2ccc([N+](=O)[O-])cc2)cn1. The number of hydrogen-bond donors (Lipinski definition) is 0. The van der Waals surface area contributed by atoms with Crippen LogP contribution in [0.5, 0.6) is 0 Å². The molecule has 0 aliphatic carbocycles.